The van der Waals surface area contributed by atoms with Gasteiger partial charge < -0.3 is 14.5 Å². The molecule has 1 amide bonds. The van der Waals surface area contributed by atoms with E-state index in [-0.39, 0.29) is 11.7 Å². The van der Waals surface area contributed by atoms with Gasteiger partial charge in [-0.3, -0.25) is 9.78 Å². The van der Waals surface area contributed by atoms with E-state index < -0.39 is 0 Å². The molecule has 1 aliphatic carbocycles. The number of hydrogen-bond acceptors (Lipinski definition) is 6. The normalized spacial score (nSPS) is 14.2. The zero-order valence-electron chi connectivity index (χ0n) is 19.3. The summed E-state index contributed by atoms with van der Waals surface area (Å²) in [7, 11) is 0. The van der Waals surface area contributed by atoms with Crippen LogP contribution in [0.3, 0.4) is 0 Å². The first kappa shape index (κ1) is 23.1. The number of nitriles is 1. The molecule has 0 atom stereocenters. The maximum atomic E-state index is 13.0. The Kier molecular flexibility index (Phi) is 7.14. The molecule has 3 aromatic heterocycles. The van der Waals surface area contributed by atoms with Gasteiger partial charge in [-0.05, 0) is 51.3 Å². The number of amides is 1. The molecule has 0 saturated heterocycles. The highest BCUT2D eigenvalue weighted by Crippen LogP contribution is 2.37. The highest BCUT2D eigenvalue weighted by molar-refractivity contribution is 7.99. The Bertz CT molecular complexity index is 1170. The lowest BCUT2D eigenvalue weighted by Gasteiger charge is -2.27. The minimum Gasteiger partial charge on any atom is -0.327 e. The fraction of sp³-hybridized carbons (Fsp3) is 0.458. The fourth-order valence-electron chi connectivity index (χ4n) is 4.58. The Balaban J connectivity index is 1.52. The summed E-state index contributed by atoms with van der Waals surface area (Å²) in [5.41, 5.74) is 3.51. The van der Waals surface area contributed by atoms with Crippen molar-refractivity contribution < 1.29 is 4.79 Å². The fourth-order valence-corrected chi connectivity index (χ4v) is 5.38. The van der Waals surface area contributed by atoms with Gasteiger partial charge in [0.25, 0.3) is 0 Å². The Morgan fingerprint density at radius 3 is 2.61 bits per heavy atom. The molecule has 33 heavy (non-hydrogen) atoms. The average Bonchev–Trinajstić information content (AvgIpc) is 3.36. The minimum absolute atomic E-state index is 0.151. The molecule has 1 aliphatic rings. The van der Waals surface area contributed by atoms with Crippen LogP contribution in [0.2, 0.25) is 0 Å². The van der Waals surface area contributed by atoms with Crippen LogP contribution in [-0.4, -0.2) is 36.0 Å². The molecular formula is C24H29N7OS. The number of anilines is 1. The van der Waals surface area contributed by atoms with E-state index in [0.29, 0.717) is 29.1 Å². The second-order valence-corrected chi connectivity index (χ2v) is 9.27. The summed E-state index contributed by atoms with van der Waals surface area (Å²) in [6.45, 7) is 6.72. The number of pyridine rings is 1. The Hall–Kier alpha value is -3.12. The van der Waals surface area contributed by atoms with Gasteiger partial charge in [0.15, 0.2) is 11.0 Å². The van der Waals surface area contributed by atoms with Crippen molar-refractivity contribution in [2.24, 2.45) is 0 Å². The number of thioether (sulfide) groups is 1. The minimum atomic E-state index is -0.151. The van der Waals surface area contributed by atoms with Gasteiger partial charge in [0, 0.05) is 36.2 Å². The molecule has 0 aromatic carbocycles. The quantitative estimate of drug-likeness (QED) is 0.501. The third kappa shape index (κ3) is 4.67. The third-order valence-electron chi connectivity index (χ3n) is 6.37. The number of carbonyl (C=O) groups is 1. The van der Waals surface area contributed by atoms with E-state index in [4.69, 9.17) is 0 Å². The maximum absolute atomic E-state index is 13.0. The molecule has 1 saturated carbocycles. The van der Waals surface area contributed by atoms with E-state index >= 15 is 0 Å². The van der Waals surface area contributed by atoms with E-state index in [9.17, 15) is 10.1 Å². The first-order valence-electron chi connectivity index (χ1n) is 11.4. The monoisotopic (exact) mass is 463 g/mol. The third-order valence-corrected chi connectivity index (χ3v) is 7.34. The molecule has 0 unspecified atom stereocenters. The largest absolute Gasteiger partial charge is 0.327 e. The van der Waals surface area contributed by atoms with E-state index in [1.165, 1.54) is 31.0 Å². The standard InChI is InChI=1S/C24H29N7OS/c1-4-30-22(18-10-12-26-13-11-18)28-29-24(30)33-15-21(32)27-23-20(14-25)16(2)17(3)31(23)19-8-6-5-7-9-19/h10-13,19H,4-9,15H2,1-3H3,(H,27,32). The highest BCUT2D eigenvalue weighted by Gasteiger charge is 2.26. The van der Waals surface area contributed by atoms with E-state index in [1.54, 1.807) is 12.4 Å². The van der Waals surface area contributed by atoms with E-state index in [1.807, 2.05) is 37.5 Å². The summed E-state index contributed by atoms with van der Waals surface area (Å²) >= 11 is 1.35. The number of hydrogen-bond donors (Lipinski definition) is 1. The summed E-state index contributed by atoms with van der Waals surface area (Å²) in [6, 6.07) is 6.42. The summed E-state index contributed by atoms with van der Waals surface area (Å²) in [5.74, 6) is 1.43. The lowest BCUT2D eigenvalue weighted by Crippen LogP contribution is -2.22. The average molecular weight is 464 g/mol. The summed E-state index contributed by atoms with van der Waals surface area (Å²) in [4.78, 5) is 17.0. The van der Waals surface area contributed by atoms with Gasteiger partial charge in [-0.2, -0.15) is 5.26 Å². The number of carbonyl (C=O) groups excluding carboxylic acids is 1. The number of nitrogens with zero attached hydrogens (tertiary/aromatic N) is 6. The maximum Gasteiger partial charge on any atom is 0.235 e. The molecule has 0 bridgehead atoms. The molecule has 1 fully saturated rings. The van der Waals surface area contributed by atoms with Gasteiger partial charge in [0.05, 0.1) is 11.3 Å². The van der Waals surface area contributed by atoms with Gasteiger partial charge in [0.1, 0.15) is 11.9 Å². The second-order valence-electron chi connectivity index (χ2n) is 8.33. The predicted octanol–water partition coefficient (Wildman–Crippen LogP) is 4.89. The van der Waals surface area contributed by atoms with Crippen molar-refractivity contribution in [1.82, 2.24) is 24.3 Å². The molecule has 4 rings (SSSR count). The SMILES string of the molecule is CCn1c(SCC(=O)Nc2c(C#N)c(C)c(C)n2C2CCCCC2)nnc1-c1ccncc1. The van der Waals surface area contributed by atoms with Crippen molar-refractivity contribution >= 4 is 23.5 Å². The van der Waals surface area contributed by atoms with Crippen molar-refractivity contribution in [3.63, 3.8) is 0 Å². The topological polar surface area (TPSA) is 101 Å². The summed E-state index contributed by atoms with van der Waals surface area (Å²) in [5, 5.41) is 22.2. The van der Waals surface area contributed by atoms with Crippen molar-refractivity contribution in [1.29, 1.82) is 5.26 Å². The second kappa shape index (κ2) is 10.2. The van der Waals surface area contributed by atoms with E-state index in [0.717, 1.165) is 35.5 Å². The highest BCUT2D eigenvalue weighted by atomic mass is 32.2. The molecule has 0 aliphatic heterocycles. The zero-order valence-corrected chi connectivity index (χ0v) is 20.2. The molecule has 9 heteroatoms. The number of aromatic nitrogens is 5. The van der Waals surface area contributed by atoms with Crippen LogP contribution in [-0.2, 0) is 11.3 Å². The molecule has 0 radical (unpaired) electrons. The van der Waals surface area contributed by atoms with Crippen LogP contribution < -0.4 is 5.32 Å². The van der Waals surface area contributed by atoms with Crippen molar-refractivity contribution in [3.05, 3.63) is 41.3 Å². The van der Waals surface area contributed by atoms with Crippen LogP contribution in [0, 0.1) is 25.2 Å². The van der Waals surface area contributed by atoms with Gasteiger partial charge in [-0.25, -0.2) is 0 Å². The van der Waals surface area contributed by atoms with E-state index in [2.05, 4.69) is 31.1 Å². The predicted molar refractivity (Wildman–Crippen MR) is 129 cm³/mol. The lowest BCUT2D eigenvalue weighted by atomic mass is 9.95. The molecular weight excluding hydrogens is 434 g/mol. The Morgan fingerprint density at radius 1 is 1.21 bits per heavy atom. The Labute approximate surface area is 198 Å². The van der Waals surface area contributed by atoms with Crippen LogP contribution in [0.4, 0.5) is 5.82 Å². The number of nitrogens with one attached hydrogen (secondary N) is 1. The Morgan fingerprint density at radius 2 is 1.94 bits per heavy atom. The van der Waals surface area contributed by atoms with Gasteiger partial charge >= 0.3 is 0 Å². The van der Waals surface area contributed by atoms with Crippen molar-refractivity contribution in [2.75, 3.05) is 11.1 Å². The van der Waals surface area contributed by atoms with Crippen LogP contribution >= 0.6 is 11.8 Å². The molecule has 1 N–H and O–H groups in total. The van der Waals surface area contributed by atoms with Crippen molar-refractivity contribution in [2.45, 2.75) is 70.6 Å². The molecule has 172 valence electrons. The molecule has 8 nitrogen and oxygen atoms in total. The molecule has 3 aromatic rings. The van der Waals surface area contributed by atoms with Crippen LogP contribution in [0.15, 0.2) is 29.7 Å². The van der Waals surface area contributed by atoms with Crippen LogP contribution in [0.5, 0.6) is 0 Å². The van der Waals surface area contributed by atoms with Gasteiger partial charge in [-0.1, -0.05) is 31.0 Å². The van der Waals surface area contributed by atoms with Crippen molar-refractivity contribution in [3.8, 4) is 17.5 Å². The lowest BCUT2D eigenvalue weighted by molar-refractivity contribution is -0.113. The first-order valence-corrected chi connectivity index (χ1v) is 12.4. The molecule has 3 heterocycles. The van der Waals surface area contributed by atoms with Crippen LogP contribution in [0.1, 0.15) is 61.9 Å². The zero-order chi connectivity index (χ0) is 23.4. The van der Waals surface area contributed by atoms with Gasteiger partial charge in [-0.15, -0.1) is 10.2 Å². The number of rotatable bonds is 7. The first-order chi connectivity index (χ1) is 16.0. The summed E-state index contributed by atoms with van der Waals surface area (Å²) < 4.78 is 4.18. The molecule has 0 spiro atoms. The van der Waals surface area contributed by atoms with Crippen LogP contribution in [0.25, 0.3) is 11.4 Å². The smallest absolute Gasteiger partial charge is 0.235 e. The van der Waals surface area contributed by atoms with Gasteiger partial charge in [0.2, 0.25) is 5.91 Å². The summed E-state index contributed by atoms with van der Waals surface area (Å²) in [6.07, 6.45) is 9.21.